The highest BCUT2D eigenvalue weighted by atomic mass is 79.9. The van der Waals surface area contributed by atoms with Crippen LogP contribution in [0.15, 0.2) is 51.8 Å². The molecule has 8 nitrogen and oxygen atoms in total. The quantitative estimate of drug-likeness (QED) is 0.307. The molecule has 0 bridgehead atoms. The summed E-state index contributed by atoms with van der Waals surface area (Å²) in [6.07, 6.45) is 7.85. The Hall–Kier alpha value is -2.17. The van der Waals surface area contributed by atoms with E-state index in [1.807, 2.05) is 13.1 Å². The monoisotopic (exact) mass is 551 g/mol. The topological polar surface area (TPSA) is 101 Å². The number of pyridine rings is 1. The molecule has 0 aliphatic carbocycles. The summed E-state index contributed by atoms with van der Waals surface area (Å²) >= 11 is 16.1. The Morgan fingerprint density at radius 3 is 2.85 bits per heavy atom. The van der Waals surface area contributed by atoms with Crippen molar-refractivity contribution in [2.45, 2.75) is 32.2 Å². The highest BCUT2D eigenvalue weighted by Crippen LogP contribution is 2.29. The van der Waals surface area contributed by atoms with Crippen LogP contribution in [0, 0.1) is 0 Å². The third-order valence-electron chi connectivity index (χ3n) is 5.54. The van der Waals surface area contributed by atoms with Gasteiger partial charge >= 0.3 is 0 Å². The van der Waals surface area contributed by atoms with Crippen LogP contribution in [-0.2, 0) is 0 Å². The number of halogens is 3. The Balaban J connectivity index is 1.66. The summed E-state index contributed by atoms with van der Waals surface area (Å²) in [6, 6.07) is 5.32. The number of anilines is 1. The lowest BCUT2D eigenvalue weighted by Gasteiger charge is -2.30. The van der Waals surface area contributed by atoms with E-state index in [4.69, 9.17) is 29.0 Å². The van der Waals surface area contributed by atoms with Gasteiger partial charge in [0.25, 0.3) is 5.56 Å². The molecule has 4 N–H and O–H groups in total. The molecule has 33 heavy (non-hydrogen) atoms. The highest BCUT2D eigenvalue weighted by Gasteiger charge is 2.18. The van der Waals surface area contributed by atoms with Crippen molar-refractivity contribution in [1.82, 2.24) is 24.9 Å². The van der Waals surface area contributed by atoms with Crippen LogP contribution < -0.4 is 22.0 Å². The number of rotatable bonds is 6. The molecule has 1 aliphatic heterocycles. The zero-order valence-electron chi connectivity index (χ0n) is 18.0. The molecule has 1 atom stereocenters. The number of hydrogen-bond acceptors (Lipinski definition) is 7. The second-order valence-corrected chi connectivity index (χ2v) is 9.43. The minimum atomic E-state index is -0.320. The van der Waals surface area contributed by atoms with E-state index >= 15 is 0 Å². The van der Waals surface area contributed by atoms with E-state index in [0.717, 1.165) is 31.6 Å². The fraction of sp³-hybridized carbons (Fsp3) is 0.318. The van der Waals surface area contributed by atoms with Crippen LogP contribution >= 0.6 is 39.1 Å². The Morgan fingerprint density at radius 2 is 2.18 bits per heavy atom. The molecule has 0 radical (unpaired) electrons. The molecule has 1 aliphatic rings. The molecule has 1 fully saturated rings. The maximum atomic E-state index is 13.2. The number of aromatic nitrogens is 3. The lowest BCUT2D eigenvalue weighted by Crippen LogP contribution is -2.47. The molecular formula is C22H24BrCl2N7O. The fourth-order valence-electron chi connectivity index (χ4n) is 3.76. The van der Waals surface area contributed by atoms with E-state index in [1.54, 1.807) is 29.4 Å². The minimum absolute atomic E-state index is 0.240. The number of piperidine rings is 1. The number of nitrogens with one attached hydrogen (secondary N) is 2. The number of nitrogens with two attached hydrogens (primary N) is 1. The zero-order chi connectivity index (χ0) is 23.5. The summed E-state index contributed by atoms with van der Waals surface area (Å²) in [6.45, 7) is 3.90. The smallest absolute Gasteiger partial charge is 0.266 e. The van der Waals surface area contributed by atoms with Gasteiger partial charge in [-0.15, -0.1) is 0 Å². The van der Waals surface area contributed by atoms with E-state index in [9.17, 15) is 4.79 Å². The standard InChI is InChI=1S/C22H24BrCl2N7O/c1-2-13(11-32(26)14-5-4-8-27-9-14)29-22-28-10-15-19(30-22)16(23)12-31(21(15)33)20-17(24)6-3-7-18(20)25/h3,6-7,10-12,14,27H,2,4-5,8-9,26H2,1H3,(H,28,29,30)/b13-11+. The van der Waals surface area contributed by atoms with Crippen LogP contribution in [0.1, 0.15) is 26.2 Å². The summed E-state index contributed by atoms with van der Waals surface area (Å²) < 4.78 is 2.00. The van der Waals surface area contributed by atoms with Gasteiger partial charge in [0.2, 0.25) is 5.95 Å². The van der Waals surface area contributed by atoms with Gasteiger partial charge in [-0.05, 0) is 53.9 Å². The van der Waals surface area contributed by atoms with Crippen molar-refractivity contribution in [2.24, 2.45) is 5.84 Å². The van der Waals surface area contributed by atoms with Crippen molar-refractivity contribution >= 4 is 56.0 Å². The lowest BCUT2D eigenvalue weighted by atomic mass is 10.1. The van der Waals surface area contributed by atoms with Gasteiger partial charge in [0.05, 0.1) is 37.2 Å². The molecule has 2 aromatic heterocycles. The summed E-state index contributed by atoms with van der Waals surface area (Å²) in [5, 5.41) is 9.40. The summed E-state index contributed by atoms with van der Waals surface area (Å²) in [5.74, 6) is 6.65. The number of hydrogen-bond donors (Lipinski definition) is 3. The van der Waals surface area contributed by atoms with Gasteiger partial charge in [-0.1, -0.05) is 36.2 Å². The van der Waals surface area contributed by atoms with Crippen LogP contribution in [0.25, 0.3) is 16.6 Å². The number of allylic oxidation sites excluding steroid dienone is 1. The molecular weight excluding hydrogens is 529 g/mol. The lowest BCUT2D eigenvalue weighted by molar-refractivity contribution is 0.233. The molecule has 3 aromatic rings. The van der Waals surface area contributed by atoms with Crippen molar-refractivity contribution in [3.8, 4) is 5.69 Å². The molecule has 4 rings (SSSR count). The van der Waals surface area contributed by atoms with Crippen LogP contribution in [0.4, 0.5) is 5.95 Å². The molecule has 1 unspecified atom stereocenters. The normalized spacial score (nSPS) is 16.8. The van der Waals surface area contributed by atoms with E-state index < -0.39 is 0 Å². The van der Waals surface area contributed by atoms with Crippen molar-refractivity contribution in [3.63, 3.8) is 0 Å². The number of para-hydroxylation sites is 1. The first kappa shape index (κ1) is 24.0. The molecule has 174 valence electrons. The van der Waals surface area contributed by atoms with Gasteiger partial charge in [-0.25, -0.2) is 15.8 Å². The zero-order valence-corrected chi connectivity index (χ0v) is 21.1. The third-order valence-corrected chi connectivity index (χ3v) is 6.73. The van der Waals surface area contributed by atoms with Crippen molar-refractivity contribution < 1.29 is 0 Å². The van der Waals surface area contributed by atoms with E-state index in [0.29, 0.717) is 43.5 Å². The third kappa shape index (κ3) is 5.17. The van der Waals surface area contributed by atoms with Crippen molar-refractivity contribution in [2.75, 3.05) is 18.4 Å². The Bertz CT molecular complexity index is 1240. The average Bonchev–Trinajstić information content (AvgIpc) is 2.82. The molecule has 0 saturated carbocycles. The maximum Gasteiger partial charge on any atom is 0.266 e. The van der Waals surface area contributed by atoms with Crippen molar-refractivity contribution in [1.29, 1.82) is 0 Å². The molecule has 0 amide bonds. The first-order valence-corrected chi connectivity index (χ1v) is 12.2. The van der Waals surface area contributed by atoms with E-state index in [1.165, 1.54) is 10.8 Å². The van der Waals surface area contributed by atoms with Crippen molar-refractivity contribution in [3.05, 3.63) is 67.4 Å². The van der Waals surface area contributed by atoms with Gasteiger partial charge in [0.15, 0.2) is 0 Å². The van der Waals surface area contributed by atoms with Gasteiger partial charge in [-0.3, -0.25) is 9.36 Å². The summed E-state index contributed by atoms with van der Waals surface area (Å²) in [5.41, 5.74) is 1.44. The minimum Gasteiger partial charge on any atom is -0.326 e. The van der Waals surface area contributed by atoms with Crippen LogP contribution in [0.5, 0.6) is 0 Å². The van der Waals surface area contributed by atoms with Gasteiger partial charge in [0, 0.05) is 30.8 Å². The Labute approximate surface area is 209 Å². The van der Waals surface area contributed by atoms with E-state index in [-0.39, 0.29) is 11.6 Å². The average molecular weight is 553 g/mol. The first-order chi connectivity index (χ1) is 15.9. The molecule has 1 saturated heterocycles. The van der Waals surface area contributed by atoms with Gasteiger partial charge in [-0.2, -0.15) is 0 Å². The molecule has 11 heteroatoms. The molecule has 1 aromatic carbocycles. The molecule has 3 heterocycles. The fourth-order valence-corrected chi connectivity index (χ4v) is 4.84. The summed E-state index contributed by atoms with van der Waals surface area (Å²) in [7, 11) is 0. The molecule has 0 spiro atoms. The number of fused-ring (bicyclic) bond motifs is 1. The van der Waals surface area contributed by atoms with E-state index in [2.05, 4.69) is 36.5 Å². The van der Waals surface area contributed by atoms with Gasteiger partial charge < -0.3 is 15.6 Å². The second-order valence-electron chi connectivity index (χ2n) is 7.76. The highest BCUT2D eigenvalue weighted by molar-refractivity contribution is 9.10. The Kier molecular flexibility index (Phi) is 7.55. The van der Waals surface area contributed by atoms with Crippen LogP contribution in [0.3, 0.4) is 0 Å². The van der Waals surface area contributed by atoms with Gasteiger partial charge in [0.1, 0.15) is 0 Å². The second kappa shape index (κ2) is 10.4. The number of hydrazine groups is 1. The Morgan fingerprint density at radius 1 is 1.42 bits per heavy atom. The largest absolute Gasteiger partial charge is 0.326 e. The maximum absolute atomic E-state index is 13.2. The van der Waals surface area contributed by atoms with Crippen LogP contribution in [0.2, 0.25) is 10.0 Å². The number of benzene rings is 1. The SMILES string of the molecule is CC/C(=C\N(N)C1CCCNC1)Nc1ncc2c(=O)n(-c3c(Cl)cccc3Cl)cc(Br)c2n1. The van der Waals surface area contributed by atoms with Crippen LogP contribution in [-0.4, -0.2) is 38.7 Å². The predicted molar refractivity (Wildman–Crippen MR) is 137 cm³/mol. The first-order valence-electron chi connectivity index (χ1n) is 10.6. The predicted octanol–water partition coefficient (Wildman–Crippen LogP) is 4.44. The summed E-state index contributed by atoms with van der Waals surface area (Å²) in [4.78, 5) is 22.1. The number of nitrogens with zero attached hydrogens (tertiary/aromatic N) is 4.